The zero-order valence-corrected chi connectivity index (χ0v) is 10.5. The van der Waals surface area contributed by atoms with Gasteiger partial charge in [0, 0.05) is 13.1 Å². The Kier molecular flexibility index (Phi) is 17.2. The van der Waals surface area contributed by atoms with Gasteiger partial charge in [-0.15, -0.1) is 8.86 Å². The van der Waals surface area contributed by atoms with Crippen LogP contribution in [0.15, 0.2) is 23.8 Å². The smallest absolute Gasteiger partial charge is 0.0201 e. The molecule has 0 radical (unpaired) electrons. The third-order valence-electron chi connectivity index (χ3n) is 1.45. The molecule has 3 heteroatoms. The summed E-state index contributed by atoms with van der Waals surface area (Å²) < 4.78 is 0. The Hall–Kier alpha value is -0.430. The predicted molar refractivity (Wildman–Crippen MR) is 70.5 cm³/mol. The van der Waals surface area contributed by atoms with Gasteiger partial charge in [-0.1, -0.05) is 30.9 Å². The monoisotopic (exact) mass is 214 g/mol. The van der Waals surface area contributed by atoms with E-state index in [1.54, 1.807) is 5.80 Å². The molecule has 0 atom stereocenters. The van der Waals surface area contributed by atoms with Crippen molar-refractivity contribution in [2.75, 3.05) is 19.6 Å². The quantitative estimate of drug-likeness (QED) is 0.542. The van der Waals surface area contributed by atoms with Crippen molar-refractivity contribution in [3.63, 3.8) is 0 Å². The van der Waals surface area contributed by atoms with Gasteiger partial charge in [0.05, 0.1) is 0 Å². The zero-order valence-electron chi connectivity index (χ0n) is 9.51. The van der Waals surface area contributed by atoms with Crippen LogP contribution in [0.3, 0.4) is 0 Å². The van der Waals surface area contributed by atoms with E-state index in [1.165, 1.54) is 5.57 Å². The first-order chi connectivity index (χ1) is 6.76. The van der Waals surface area contributed by atoms with E-state index >= 15 is 0 Å². The van der Waals surface area contributed by atoms with Crippen molar-refractivity contribution in [1.82, 2.24) is 5.32 Å². The summed E-state index contributed by atoms with van der Waals surface area (Å²) in [6, 6.07) is 0. The van der Waals surface area contributed by atoms with Crippen LogP contribution in [-0.2, 0) is 0 Å². The molecule has 82 valence electrons. The molecule has 0 aromatic carbocycles. The van der Waals surface area contributed by atoms with Crippen molar-refractivity contribution in [1.29, 1.82) is 0 Å². The van der Waals surface area contributed by atoms with Gasteiger partial charge in [-0.3, -0.25) is 0 Å². The third kappa shape index (κ3) is 14.1. The van der Waals surface area contributed by atoms with Crippen LogP contribution >= 0.6 is 8.86 Å². The summed E-state index contributed by atoms with van der Waals surface area (Å²) in [5.74, 6) is 1.71. The molecule has 0 fully saturated rings. The van der Waals surface area contributed by atoms with Crippen LogP contribution < -0.4 is 11.1 Å². The Bertz CT molecular complexity index is 174. The Morgan fingerprint density at radius 3 is 2.29 bits per heavy atom. The molecule has 2 nitrogen and oxygen atoms in total. The maximum absolute atomic E-state index is 4.92. The average Bonchev–Trinajstić information content (AvgIpc) is 2.24. The molecule has 0 saturated carbocycles. The van der Waals surface area contributed by atoms with Gasteiger partial charge in [0.25, 0.3) is 0 Å². The van der Waals surface area contributed by atoms with Gasteiger partial charge in [-0.25, -0.2) is 0 Å². The minimum atomic E-state index is 0.608. The molecule has 14 heavy (non-hydrogen) atoms. The number of likely N-dealkylation sites (N-methyl/N-ethyl adjacent to an activating group) is 1. The van der Waals surface area contributed by atoms with Crippen molar-refractivity contribution < 1.29 is 0 Å². The minimum absolute atomic E-state index is 0.608. The molecule has 0 aromatic heterocycles. The minimum Gasteiger partial charge on any atom is -0.327 e. The first-order valence-corrected chi connectivity index (χ1v) is 5.52. The Balaban J connectivity index is 0. The number of allylic oxidation sites excluding steroid dienone is 2. The van der Waals surface area contributed by atoms with Crippen LogP contribution in [0.25, 0.3) is 0 Å². The molecule has 0 aliphatic rings. The fourth-order valence-corrected chi connectivity index (χ4v) is 0.741. The second-order valence-electron chi connectivity index (χ2n) is 2.58. The van der Waals surface area contributed by atoms with Gasteiger partial charge >= 0.3 is 0 Å². The average molecular weight is 214 g/mol. The molecule has 0 aliphatic heterocycles. The fraction of sp³-hybridized carbons (Fsp3) is 0.545. The van der Waals surface area contributed by atoms with Crippen LogP contribution in [-0.4, -0.2) is 25.4 Å². The first kappa shape index (κ1) is 16.0. The summed E-state index contributed by atoms with van der Waals surface area (Å²) in [5.41, 5.74) is 6.27. The molecule has 0 spiro atoms. The van der Waals surface area contributed by atoms with Crippen LogP contribution in [0.4, 0.5) is 0 Å². The van der Waals surface area contributed by atoms with E-state index in [2.05, 4.69) is 46.3 Å². The topological polar surface area (TPSA) is 38.0 Å². The second-order valence-corrected chi connectivity index (χ2v) is 2.99. The highest BCUT2D eigenvalue weighted by atomic mass is 31.0. The molecule has 0 bridgehead atoms. The first-order valence-electron chi connectivity index (χ1n) is 4.94. The highest BCUT2D eigenvalue weighted by Gasteiger charge is 1.86. The van der Waals surface area contributed by atoms with Crippen LogP contribution in [0.2, 0.25) is 0 Å². The van der Waals surface area contributed by atoms with Crippen molar-refractivity contribution in [3.05, 3.63) is 23.8 Å². The lowest BCUT2D eigenvalue weighted by Crippen LogP contribution is -2.15. The van der Waals surface area contributed by atoms with E-state index in [9.17, 15) is 0 Å². The van der Waals surface area contributed by atoms with Crippen molar-refractivity contribution in [2.24, 2.45) is 5.73 Å². The zero-order chi connectivity index (χ0) is 11.2. The summed E-state index contributed by atoms with van der Waals surface area (Å²) >= 11 is 0. The lowest BCUT2D eigenvalue weighted by Gasteiger charge is -2.00. The SMILES string of the molecule is C/C=C\C(=C/C)CNCC.NCC=P. The van der Waals surface area contributed by atoms with Gasteiger partial charge in [-0.2, -0.15) is 0 Å². The molecule has 0 aliphatic carbocycles. The van der Waals surface area contributed by atoms with E-state index in [0.29, 0.717) is 6.54 Å². The number of hydrogen-bond acceptors (Lipinski definition) is 2. The summed E-state index contributed by atoms with van der Waals surface area (Å²) in [7, 11) is 3.04. The fourth-order valence-electron chi connectivity index (χ4n) is 0.741. The molecule has 0 amide bonds. The Morgan fingerprint density at radius 1 is 1.43 bits per heavy atom. The number of nitrogens with one attached hydrogen (secondary N) is 1. The normalized spacial score (nSPS) is 11.0. The van der Waals surface area contributed by atoms with Gasteiger partial charge in [0.15, 0.2) is 0 Å². The Labute approximate surface area is 90.5 Å². The molecular formula is C11H23N2P. The van der Waals surface area contributed by atoms with Crippen LogP contribution in [0.5, 0.6) is 0 Å². The van der Waals surface area contributed by atoms with Crippen molar-refractivity contribution >= 4 is 14.7 Å². The van der Waals surface area contributed by atoms with E-state index in [-0.39, 0.29) is 0 Å². The van der Waals surface area contributed by atoms with Gasteiger partial charge < -0.3 is 11.1 Å². The van der Waals surface area contributed by atoms with Gasteiger partial charge in [0.1, 0.15) is 0 Å². The number of hydrogen-bond donors (Lipinski definition) is 2. The summed E-state index contributed by atoms with van der Waals surface area (Å²) in [5, 5.41) is 3.26. The van der Waals surface area contributed by atoms with Gasteiger partial charge in [0.2, 0.25) is 0 Å². The molecule has 0 heterocycles. The van der Waals surface area contributed by atoms with E-state index < -0.39 is 0 Å². The standard InChI is InChI=1S/C9H17N.C2H6NP/c1-4-7-9(5-2)8-10-6-3;3-1-2-4/h4-5,7,10H,6,8H2,1-3H3;2,4H,1,3H2/b7-4-,9-5+;. The maximum Gasteiger partial charge on any atom is 0.0201 e. The largest absolute Gasteiger partial charge is 0.327 e. The highest BCUT2D eigenvalue weighted by molar-refractivity contribution is 7.18. The molecular weight excluding hydrogens is 191 g/mol. The number of nitrogens with two attached hydrogens (primary N) is 1. The maximum atomic E-state index is 4.92. The highest BCUT2D eigenvalue weighted by Crippen LogP contribution is 1.93. The van der Waals surface area contributed by atoms with Crippen molar-refractivity contribution in [2.45, 2.75) is 20.8 Å². The summed E-state index contributed by atoms with van der Waals surface area (Å²) in [6.45, 7) is 8.84. The predicted octanol–water partition coefficient (Wildman–Crippen LogP) is 2.01. The second kappa shape index (κ2) is 15.1. The van der Waals surface area contributed by atoms with E-state index in [1.807, 2.05) is 6.92 Å². The van der Waals surface area contributed by atoms with E-state index in [0.717, 1.165) is 13.1 Å². The molecule has 0 saturated heterocycles. The Morgan fingerprint density at radius 2 is 2.00 bits per heavy atom. The lowest BCUT2D eigenvalue weighted by molar-refractivity contribution is 0.784. The van der Waals surface area contributed by atoms with E-state index in [4.69, 9.17) is 5.73 Å². The molecule has 0 unspecified atom stereocenters. The number of rotatable bonds is 5. The van der Waals surface area contributed by atoms with Crippen LogP contribution in [0, 0.1) is 0 Å². The van der Waals surface area contributed by atoms with Crippen molar-refractivity contribution in [3.8, 4) is 0 Å². The summed E-state index contributed by atoms with van der Waals surface area (Å²) in [4.78, 5) is 0. The molecule has 0 aromatic rings. The van der Waals surface area contributed by atoms with Crippen LogP contribution in [0.1, 0.15) is 20.8 Å². The molecule has 0 rings (SSSR count). The van der Waals surface area contributed by atoms with Gasteiger partial charge in [-0.05, 0) is 26.0 Å². The third-order valence-corrected chi connectivity index (χ3v) is 1.68. The lowest BCUT2D eigenvalue weighted by atomic mass is 10.2. The molecule has 3 N–H and O–H groups in total. The summed E-state index contributed by atoms with van der Waals surface area (Å²) in [6.07, 6.45) is 6.32.